The molecule has 0 aromatic heterocycles. The van der Waals surface area contributed by atoms with Crippen LogP contribution in [0, 0.1) is 11.8 Å². The molecule has 1 N–H and O–H groups in total. The minimum Gasteiger partial charge on any atom is -0.493 e. The van der Waals surface area contributed by atoms with E-state index >= 15 is 0 Å². The van der Waals surface area contributed by atoms with Crippen LogP contribution in [0.1, 0.15) is 159 Å². The molecule has 2 nitrogen and oxygen atoms in total. The third-order valence-electron chi connectivity index (χ3n) is 8.21. The molecule has 0 aromatic carbocycles. The SMILES string of the molecule is C.CCCC/C=C(\C)CCC/C(C)=C/CCC(C)CCC1=CC(O)C(C)C(C)=C1OCCCCCCCC. The lowest BCUT2D eigenvalue weighted by Crippen LogP contribution is -2.23. The molecule has 1 rings (SSSR count). The van der Waals surface area contributed by atoms with Crippen LogP contribution in [0.5, 0.6) is 0 Å². The predicted octanol–water partition coefficient (Wildman–Crippen LogP) is 11.7. The molecule has 0 radical (unpaired) electrons. The Bertz CT molecular complexity index is 724. The van der Waals surface area contributed by atoms with E-state index in [-0.39, 0.29) is 19.4 Å². The first-order chi connectivity index (χ1) is 17.8. The Morgan fingerprint density at radius 1 is 0.895 bits per heavy atom. The maximum atomic E-state index is 10.6. The molecule has 0 bridgehead atoms. The van der Waals surface area contributed by atoms with E-state index in [1.165, 1.54) is 94.6 Å². The molecule has 0 fully saturated rings. The Balaban J connectivity index is 0.0000137. The van der Waals surface area contributed by atoms with Crippen LogP contribution in [0.15, 0.2) is 46.3 Å². The molecule has 0 aliphatic heterocycles. The molecule has 3 unspecified atom stereocenters. The Morgan fingerprint density at radius 3 is 2.16 bits per heavy atom. The van der Waals surface area contributed by atoms with Crippen LogP contribution in [0.4, 0.5) is 0 Å². The molecule has 0 amide bonds. The van der Waals surface area contributed by atoms with Crippen molar-refractivity contribution in [1.29, 1.82) is 0 Å². The van der Waals surface area contributed by atoms with Gasteiger partial charge in [-0.1, -0.05) is 103 Å². The minimum atomic E-state index is -0.387. The summed E-state index contributed by atoms with van der Waals surface area (Å²) in [6.45, 7) is 16.6. The van der Waals surface area contributed by atoms with Gasteiger partial charge in [-0.2, -0.15) is 0 Å². The standard InChI is InChI=1S/C35H62O2.CH4/c1-8-10-12-13-14-16-26-37-35-32(7)31(6)34(36)27-33(35)25-24-30(5)23-18-22-29(4)21-17-20-28(3)19-15-11-9-2;/h19,22,27,30-31,34,36H,8-18,20-21,23-26H2,1-7H3;1H4/b28-19+,29-22+;. The number of allylic oxidation sites excluding steroid dienone is 5. The van der Waals surface area contributed by atoms with E-state index in [9.17, 15) is 5.11 Å². The monoisotopic (exact) mass is 531 g/mol. The van der Waals surface area contributed by atoms with E-state index in [1.54, 1.807) is 11.1 Å². The summed E-state index contributed by atoms with van der Waals surface area (Å²) < 4.78 is 6.35. The molecule has 0 spiro atoms. The van der Waals surface area contributed by atoms with Gasteiger partial charge in [0.2, 0.25) is 0 Å². The Morgan fingerprint density at radius 2 is 1.50 bits per heavy atom. The highest BCUT2D eigenvalue weighted by atomic mass is 16.5. The van der Waals surface area contributed by atoms with Crippen LogP contribution in [0.3, 0.4) is 0 Å². The molecule has 0 aromatic rings. The van der Waals surface area contributed by atoms with Crippen LogP contribution >= 0.6 is 0 Å². The van der Waals surface area contributed by atoms with Crippen molar-refractivity contribution in [3.8, 4) is 0 Å². The number of aliphatic hydroxyl groups is 1. The first-order valence-corrected chi connectivity index (χ1v) is 15.8. The summed E-state index contributed by atoms with van der Waals surface area (Å²) >= 11 is 0. The Kier molecular flexibility index (Phi) is 21.8. The number of hydrogen-bond acceptors (Lipinski definition) is 2. The third-order valence-corrected chi connectivity index (χ3v) is 8.21. The molecule has 0 heterocycles. The van der Waals surface area contributed by atoms with E-state index in [0.717, 1.165) is 31.6 Å². The summed E-state index contributed by atoms with van der Waals surface area (Å²) in [5.41, 5.74) is 5.56. The van der Waals surface area contributed by atoms with Gasteiger partial charge in [0.1, 0.15) is 5.76 Å². The second-order valence-corrected chi connectivity index (χ2v) is 11.9. The number of ether oxygens (including phenoxy) is 1. The van der Waals surface area contributed by atoms with Gasteiger partial charge < -0.3 is 9.84 Å². The summed E-state index contributed by atoms with van der Waals surface area (Å²) in [6, 6.07) is 0. The van der Waals surface area contributed by atoms with Crippen LogP contribution < -0.4 is 0 Å². The fraction of sp³-hybridized carbons (Fsp3) is 0.778. The highest BCUT2D eigenvalue weighted by Crippen LogP contribution is 2.34. The van der Waals surface area contributed by atoms with Gasteiger partial charge in [-0.15, -0.1) is 0 Å². The van der Waals surface area contributed by atoms with Crippen molar-refractivity contribution in [2.24, 2.45) is 11.8 Å². The van der Waals surface area contributed by atoms with Gasteiger partial charge >= 0.3 is 0 Å². The quantitative estimate of drug-likeness (QED) is 0.118. The highest BCUT2D eigenvalue weighted by molar-refractivity contribution is 5.37. The van der Waals surface area contributed by atoms with Crippen LogP contribution in [0.25, 0.3) is 0 Å². The number of rotatable bonds is 21. The van der Waals surface area contributed by atoms with Crippen molar-refractivity contribution in [2.45, 2.75) is 165 Å². The maximum absolute atomic E-state index is 10.6. The van der Waals surface area contributed by atoms with Crippen LogP contribution in [0.2, 0.25) is 0 Å². The second-order valence-electron chi connectivity index (χ2n) is 11.9. The Hall–Kier alpha value is -1.28. The first-order valence-electron chi connectivity index (χ1n) is 15.8. The van der Waals surface area contributed by atoms with E-state index in [2.05, 4.69) is 66.7 Å². The molecular formula is C36H66O2. The van der Waals surface area contributed by atoms with Crippen molar-refractivity contribution in [3.05, 3.63) is 46.3 Å². The molecule has 38 heavy (non-hydrogen) atoms. The fourth-order valence-corrected chi connectivity index (χ4v) is 5.17. The molecule has 222 valence electrons. The van der Waals surface area contributed by atoms with Crippen molar-refractivity contribution in [2.75, 3.05) is 6.61 Å². The second kappa shape index (κ2) is 22.5. The summed E-state index contributed by atoms with van der Waals surface area (Å²) in [4.78, 5) is 0. The zero-order valence-corrected chi connectivity index (χ0v) is 25.8. The third kappa shape index (κ3) is 16.0. The predicted molar refractivity (Wildman–Crippen MR) is 171 cm³/mol. The molecule has 1 aliphatic carbocycles. The van der Waals surface area contributed by atoms with Gasteiger partial charge in [-0.3, -0.25) is 0 Å². The maximum Gasteiger partial charge on any atom is 0.121 e. The van der Waals surface area contributed by atoms with Gasteiger partial charge in [0.05, 0.1) is 12.7 Å². The molecule has 2 heteroatoms. The highest BCUT2D eigenvalue weighted by Gasteiger charge is 2.26. The average molecular weight is 531 g/mol. The number of unbranched alkanes of at least 4 members (excludes halogenated alkanes) is 7. The van der Waals surface area contributed by atoms with E-state index in [1.807, 2.05) is 0 Å². The molecule has 3 atom stereocenters. The number of aliphatic hydroxyl groups excluding tert-OH is 1. The molecule has 1 aliphatic rings. The Labute approximate surface area is 239 Å². The fourth-order valence-electron chi connectivity index (χ4n) is 5.17. The summed E-state index contributed by atoms with van der Waals surface area (Å²) in [5, 5.41) is 10.6. The zero-order valence-electron chi connectivity index (χ0n) is 25.8. The van der Waals surface area contributed by atoms with Gasteiger partial charge in [0, 0.05) is 5.92 Å². The van der Waals surface area contributed by atoms with Crippen LogP contribution in [-0.2, 0) is 4.74 Å². The zero-order chi connectivity index (χ0) is 27.5. The normalized spacial score (nSPS) is 19.3. The molecule has 0 saturated carbocycles. The van der Waals surface area contributed by atoms with Crippen molar-refractivity contribution in [1.82, 2.24) is 0 Å². The van der Waals surface area contributed by atoms with Gasteiger partial charge in [-0.05, 0) is 102 Å². The van der Waals surface area contributed by atoms with E-state index in [4.69, 9.17) is 4.74 Å². The topological polar surface area (TPSA) is 29.5 Å². The van der Waals surface area contributed by atoms with Crippen molar-refractivity contribution in [3.63, 3.8) is 0 Å². The average Bonchev–Trinajstić information content (AvgIpc) is 2.87. The largest absolute Gasteiger partial charge is 0.493 e. The summed E-state index contributed by atoms with van der Waals surface area (Å²) in [7, 11) is 0. The first kappa shape index (κ1) is 36.7. The lowest BCUT2D eigenvalue weighted by Gasteiger charge is -2.29. The summed E-state index contributed by atoms with van der Waals surface area (Å²) in [5.74, 6) is 1.89. The van der Waals surface area contributed by atoms with Crippen LogP contribution in [-0.4, -0.2) is 17.8 Å². The van der Waals surface area contributed by atoms with Gasteiger partial charge in [0.15, 0.2) is 0 Å². The lowest BCUT2D eigenvalue weighted by molar-refractivity contribution is 0.154. The van der Waals surface area contributed by atoms with E-state index in [0.29, 0.717) is 5.92 Å². The molecule has 0 saturated heterocycles. The van der Waals surface area contributed by atoms with Gasteiger partial charge in [0.25, 0.3) is 0 Å². The van der Waals surface area contributed by atoms with E-state index < -0.39 is 0 Å². The summed E-state index contributed by atoms with van der Waals surface area (Å²) in [6.07, 6.45) is 26.4. The van der Waals surface area contributed by atoms with Crippen molar-refractivity contribution < 1.29 is 9.84 Å². The minimum absolute atomic E-state index is 0. The molecular weight excluding hydrogens is 464 g/mol. The number of hydrogen-bond donors (Lipinski definition) is 1. The smallest absolute Gasteiger partial charge is 0.121 e. The lowest BCUT2D eigenvalue weighted by atomic mass is 9.84. The van der Waals surface area contributed by atoms with Crippen molar-refractivity contribution >= 4 is 0 Å². The van der Waals surface area contributed by atoms with Gasteiger partial charge in [-0.25, -0.2) is 0 Å².